The molecule has 0 amide bonds. The van der Waals surface area contributed by atoms with Crippen LogP contribution in [0.3, 0.4) is 0 Å². The van der Waals surface area contributed by atoms with Crippen molar-refractivity contribution >= 4 is 5.97 Å². The highest BCUT2D eigenvalue weighted by atomic mass is 16.5. The van der Waals surface area contributed by atoms with Gasteiger partial charge in [-0.2, -0.15) is 0 Å². The first-order valence-corrected chi connectivity index (χ1v) is 6.33. The second-order valence-corrected chi connectivity index (χ2v) is 5.07. The lowest BCUT2D eigenvalue weighted by atomic mass is 9.86. The van der Waals surface area contributed by atoms with E-state index in [4.69, 9.17) is 9.84 Å². The molecule has 0 bridgehead atoms. The molecule has 0 radical (unpaired) electrons. The highest BCUT2D eigenvalue weighted by molar-refractivity contribution is 5.68. The molecule has 0 saturated carbocycles. The molecular formula is C14H20N2O3. The van der Waals surface area contributed by atoms with Gasteiger partial charge in [-0.1, -0.05) is 18.2 Å². The highest BCUT2D eigenvalue weighted by Gasteiger charge is 2.42. The average molecular weight is 264 g/mol. The summed E-state index contributed by atoms with van der Waals surface area (Å²) in [6, 6.07) is 7.83. The van der Waals surface area contributed by atoms with Crippen molar-refractivity contribution in [3.05, 3.63) is 29.8 Å². The first kappa shape index (κ1) is 13.8. The van der Waals surface area contributed by atoms with Gasteiger partial charge in [0.1, 0.15) is 5.75 Å². The number of nitrogens with one attached hydrogen (secondary N) is 1. The Hall–Kier alpha value is -1.59. The van der Waals surface area contributed by atoms with Crippen molar-refractivity contribution < 1.29 is 14.6 Å². The van der Waals surface area contributed by atoms with Crippen LogP contribution < -0.4 is 10.1 Å². The molecule has 2 rings (SSSR count). The van der Waals surface area contributed by atoms with Crippen LogP contribution in [0.15, 0.2) is 24.3 Å². The van der Waals surface area contributed by atoms with Crippen LogP contribution in [0, 0.1) is 0 Å². The van der Waals surface area contributed by atoms with E-state index in [2.05, 4.69) is 10.2 Å². The summed E-state index contributed by atoms with van der Waals surface area (Å²) in [7, 11) is 3.62. The maximum atomic E-state index is 11.0. The number of benzene rings is 1. The van der Waals surface area contributed by atoms with E-state index in [0.717, 1.165) is 11.3 Å². The lowest BCUT2D eigenvalue weighted by Crippen LogP contribution is -2.68. The van der Waals surface area contributed by atoms with Gasteiger partial charge in [0.25, 0.3) is 0 Å². The molecule has 19 heavy (non-hydrogen) atoms. The predicted octanol–water partition coefficient (Wildman–Crippen LogP) is 0.944. The number of carboxylic acid groups (broad SMARTS) is 1. The fourth-order valence-electron chi connectivity index (χ4n) is 2.48. The van der Waals surface area contributed by atoms with E-state index in [-0.39, 0.29) is 12.0 Å². The Kier molecular flexibility index (Phi) is 4.07. The topological polar surface area (TPSA) is 61.8 Å². The molecule has 1 aromatic carbocycles. The van der Waals surface area contributed by atoms with Gasteiger partial charge >= 0.3 is 5.97 Å². The molecule has 0 spiro atoms. The molecule has 5 heteroatoms. The van der Waals surface area contributed by atoms with Crippen LogP contribution in [0.5, 0.6) is 5.75 Å². The number of rotatable bonds is 6. The maximum absolute atomic E-state index is 11.0. The minimum Gasteiger partial charge on any atom is -0.496 e. The Morgan fingerprint density at radius 2 is 2.16 bits per heavy atom. The third-order valence-corrected chi connectivity index (χ3v) is 3.80. The fraction of sp³-hybridized carbons (Fsp3) is 0.500. The first-order chi connectivity index (χ1) is 9.07. The zero-order valence-electron chi connectivity index (χ0n) is 11.3. The Morgan fingerprint density at radius 3 is 2.68 bits per heavy atom. The van der Waals surface area contributed by atoms with E-state index in [1.54, 1.807) is 7.11 Å². The lowest BCUT2D eigenvalue weighted by Gasteiger charge is -2.48. The third kappa shape index (κ3) is 2.88. The third-order valence-electron chi connectivity index (χ3n) is 3.80. The summed E-state index contributed by atoms with van der Waals surface area (Å²) in [6.07, 6.45) is 0.158. The van der Waals surface area contributed by atoms with Gasteiger partial charge in [0.2, 0.25) is 0 Å². The molecule has 0 aliphatic carbocycles. The molecule has 0 aromatic heterocycles. The Bertz CT molecular complexity index is 458. The average Bonchev–Trinajstić information content (AvgIpc) is 2.34. The molecule has 5 nitrogen and oxygen atoms in total. The van der Waals surface area contributed by atoms with Crippen LogP contribution >= 0.6 is 0 Å². The number of aliphatic carboxylic acids is 1. The number of hydrogen-bond donors (Lipinski definition) is 2. The highest BCUT2D eigenvalue weighted by Crippen LogP contribution is 2.27. The lowest BCUT2D eigenvalue weighted by molar-refractivity contribution is -0.141. The van der Waals surface area contributed by atoms with Crippen LogP contribution in [0.4, 0.5) is 0 Å². The molecule has 0 atom stereocenters. The van der Waals surface area contributed by atoms with Gasteiger partial charge in [0, 0.05) is 25.2 Å². The van der Waals surface area contributed by atoms with E-state index in [9.17, 15) is 4.79 Å². The molecule has 0 unspecified atom stereocenters. The second kappa shape index (κ2) is 5.59. The Labute approximate surface area is 113 Å². The van der Waals surface area contributed by atoms with Gasteiger partial charge in [-0.25, -0.2) is 0 Å². The monoisotopic (exact) mass is 264 g/mol. The predicted molar refractivity (Wildman–Crippen MR) is 72.3 cm³/mol. The fourth-order valence-corrected chi connectivity index (χ4v) is 2.48. The van der Waals surface area contributed by atoms with Crippen molar-refractivity contribution in [1.82, 2.24) is 10.2 Å². The second-order valence-electron chi connectivity index (χ2n) is 5.07. The molecule has 1 saturated heterocycles. The molecule has 104 valence electrons. The van der Waals surface area contributed by atoms with Crippen molar-refractivity contribution in [3.63, 3.8) is 0 Å². The van der Waals surface area contributed by atoms with Crippen LogP contribution in [0.2, 0.25) is 0 Å². The molecular weight excluding hydrogens is 244 g/mol. The molecule has 1 aliphatic rings. The Morgan fingerprint density at radius 1 is 1.47 bits per heavy atom. The zero-order valence-corrected chi connectivity index (χ0v) is 11.3. The van der Waals surface area contributed by atoms with E-state index in [0.29, 0.717) is 19.6 Å². The smallest absolute Gasteiger partial charge is 0.305 e. The zero-order chi connectivity index (χ0) is 13.9. The van der Waals surface area contributed by atoms with E-state index < -0.39 is 5.97 Å². The van der Waals surface area contributed by atoms with Gasteiger partial charge in [-0.05, 0) is 13.1 Å². The quantitative estimate of drug-likeness (QED) is 0.801. The summed E-state index contributed by atoms with van der Waals surface area (Å²) in [5.41, 5.74) is 0.788. The standard InChI is InChI=1S/C14H20N2O3/c1-16(14(7-13(17)18)9-15-10-14)8-11-5-3-4-6-12(11)19-2/h3-6,15H,7-10H2,1-2H3,(H,17,18). The number of methoxy groups -OCH3 is 1. The Balaban J connectivity index is 2.11. The molecule has 2 N–H and O–H groups in total. The van der Waals surface area contributed by atoms with Gasteiger partial charge in [-0.15, -0.1) is 0 Å². The van der Waals surface area contributed by atoms with Crippen LogP contribution in [-0.2, 0) is 11.3 Å². The number of likely N-dealkylation sites (N-methyl/N-ethyl adjacent to an activating group) is 1. The van der Waals surface area contributed by atoms with Crippen molar-refractivity contribution in [1.29, 1.82) is 0 Å². The van der Waals surface area contributed by atoms with Crippen molar-refractivity contribution in [3.8, 4) is 5.75 Å². The van der Waals surface area contributed by atoms with E-state index >= 15 is 0 Å². The van der Waals surface area contributed by atoms with Gasteiger partial charge in [0.15, 0.2) is 0 Å². The number of carbonyl (C=O) groups is 1. The number of para-hydroxylation sites is 1. The molecule has 1 fully saturated rings. The number of carboxylic acids is 1. The van der Waals surface area contributed by atoms with Crippen LogP contribution in [0.1, 0.15) is 12.0 Å². The number of nitrogens with zero attached hydrogens (tertiary/aromatic N) is 1. The summed E-state index contributed by atoms with van der Waals surface area (Å²) in [6.45, 7) is 2.11. The first-order valence-electron chi connectivity index (χ1n) is 6.33. The van der Waals surface area contributed by atoms with Crippen LogP contribution in [-0.4, -0.2) is 48.8 Å². The summed E-state index contributed by atoms with van der Waals surface area (Å²) in [4.78, 5) is 13.1. The number of ether oxygens (including phenoxy) is 1. The minimum atomic E-state index is -0.756. The largest absolute Gasteiger partial charge is 0.496 e. The van der Waals surface area contributed by atoms with Crippen molar-refractivity contribution in [2.45, 2.75) is 18.5 Å². The van der Waals surface area contributed by atoms with E-state index in [1.807, 2.05) is 31.3 Å². The van der Waals surface area contributed by atoms with Gasteiger partial charge in [-0.3, -0.25) is 9.69 Å². The SMILES string of the molecule is COc1ccccc1CN(C)C1(CC(=O)O)CNC1. The number of hydrogen-bond acceptors (Lipinski definition) is 4. The van der Waals surface area contributed by atoms with Gasteiger partial charge < -0.3 is 15.2 Å². The maximum Gasteiger partial charge on any atom is 0.305 e. The summed E-state index contributed by atoms with van der Waals surface area (Å²) >= 11 is 0. The minimum absolute atomic E-state index is 0.158. The summed E-state index contributed by atoms with van der Waals surface area (Å²) in [5, 5.41) is 12.2. The molecule has 1 heterocycles. The normalized spacial score (nSPS) is 17.0. The van der Waals surface area contributed by atoms with Gasteiger partial charge in [0.05, 0.1) is 19.1 Å². The van der Waals surface area contributed by atoms with Crippen LogP contribution in [0.25, 0.3) is 0 Å². The van der Waals surface area contributed by atoms with Crippen molar-refractivity contribution in [2.24, 2.45) is 0 Å². The van der Waals surface area contributed by atoms with Crippen molar-refractivity contribution in [2.75, 3.05) is 27.2 Å². The summed E-state index contributed by atoms with van der Waals surface area (Å²) < 4.78 is 5.33. The summed E-state index contributed by atoms with van der Waals surface area (Å²) in [5.74, 6) is 0.0838. The molecule has 1 aromatic rings. The van der Waals surface area contributed by atoms with E-state index in [1.165, 1.54) is 0 Å². The molecule has 1 aliphatic heterocycles.